The lowest BCUT2D eigenvalue weighted by Gasteiger charge is -2.31. The van der Waals surface area contributed by atoms with Gasteiger partial charge < -0.3 is 24.1 Å². The fraction of sp³-hybridized carbons (Fsp3) is 0.421. The van der Waals surface area contributed by atoms with Crippen LogP contribution in [0.5, 0.6) is 11.5 Å². The highest BCUT2D eigenvalue weighted by Crippen LogP contribution is 2.31. The number of rotatable bonds is 6. The highest BCUT2D eigenvalue weighted by atomic mass is 16.6. The summed E-state index contributed by atoms with van der Waals surface area (Å²) in [7, 11) is 0. The van der Waals surface area contributed by atoms with Gasteiger partial charge in [0.1, 0.15) is 12.4 Å². The summed E-state index contributed by atoms with van der Waals surface area (Å²) in [4.78, 5) is 14.3. The number of para-hydroxylation sites is 2. The van der Waals surface area contributed by atoms with Crippen molar-refractivity contribution in [1.29, 1.82) is 0 Å². The van der Waals surface area contributed by atoms with Crippen LogP contribution in [0.2, 0.25) is 0 Å². The third kappa shape index (κ3) is 4.47. The van der Waals surface area contributed by atoms with Crippen LogP contribution in [0.15, 0.2) is 47.1 Å². The van der Waals surface area contributed by atoms with Gasteiger partial charge in [-0.25, -0.2) is 4.79 Å². The number of carbonyl (C=O) groups excluding carboxylic acids is 1. The average molecular weight is 344 g/mol. The van der Waals surface area contributed by atoms with Crippen LogP contribution in [-0.4, -0.2) is 42.8 Å². The summed E-state index contributed by atoms with van der Waals surface area (Å²) < 4.78 is 17.0. The Morgan fingerprint density at radius 1 is 1.28 bits per heavy atom. The fourth-order valence-electron chi connectivity index (χ4n) is 2.84. The molecule has 1 N–H and O–H groups in total. The summed E-state index contributed by atoms with van der Waals surface area (Å²) in [5, 5.41) is 3.01. The zero-order valence-corrected chi connectivity index (χ0v) is 14.6. The molecular formula is C19H24N2O4. The van der Waals surface area contributed by atoms with Crippen LogP contribution in [0.25, 0.3) is 0 Å². The number of amides is 2. The van der Waals surface area contributed by atoms with E-state index in [4.69, 9.17) is 13.9 Å². The van der Waals surface area contributed by atoms with Crippen molar-refractivity contribution in [3.05, 3.63) is 48.4 Å². The molecule has 1 aromatic heterocycles. The van der Waals surface area contributed by atoms with Crippen molar-refractivity contribution >= 4 is 6.03 Å². The topological polar surface area (TPSA) is 63.9 Å². The first-order valence-electron chi connectivity index (χ1n) is 8.62. The molecule has 25 heavy (non-hydrogen) atoms. The predicted octanol–water partition coefficient (Wildman–Crippen LogP) is 3.08. The van der Waals surface area contributed by atoms with Crippen LogP contribution in [0.4, 0.5) is 4.79 Å². The Kier molecular flexibility index (Phi) is 5.48. The molecule has 0 bridgehead atoms. The highest BCUT2D eigenvalue weighted by Gasteiger charge is 2.25. The van der Waals surface area contributed by atoms with E-state index < -0.39 is 0 Å². The van der Waals surface area contributed by atoms with Crippen LogP contribution >= 0.6 is 0 Å². The third-order valence-electron chi connectivity index (χ3n) is 4.12. The van der Waals surface area contributed by atoms with Gasteiger partial charge >= 0.3 is 6.03 Å². The maximum atomic E-state index is 12.5. The standard InChI is InChI=1S/C19H24N2O4/c1-3-21(19(22)20-14(2)11-15-7-6-10-23-15)12-16-13-24-17-8-4-5-9-18(17)25-16/h4-10,14,16H,3,11-13H2,1-2H3,(H,20,22)/t14-,16+/m1/s1. The normalized spacial score (nSPS) is 17.0. The summed E-state index contributed by atoms with van der Waals surface area (Å²) in [5.74, 6) is 2.33. The molecule has 1 aromatic carbocycles. The molecule has 0 spiro atoms. The van der Waals surface area contributed by atoms with E-state index in [1.54, 1.807) is 11.2 Å². The van der Waals surface area contributed by atoms with E-state index in [1.165, 1.54) is 0 Å². The summed E-state index contributed by atoms with van der Waals surface area (Å²) >= 11 is 0. The first-order valence-corrected chi connectivity index (χ1v) is 8.62. The number of furan rings is 1. The Morgan fingerprint density at radius 3 is 2.80 bits per heavy atom. The van der Waals surface area contributed by atoms with Crippen molar-refractivity contribution in [2.75, 3.05) is 19.7 Å². The number of ether oxygens (including phenoxy) is 2. The number of urea groups is 1. The first kappa shape index (κ1) is 17.2. The van der Waals surface area contributed by atoms with E-state index in [2.05, 4.69) is 5.32 Å². The van der Waals surface area contributed by atoms with E-state index in [1.807, 2.05) is 50.2 Å². The maximum absolute atomic E-state index is 12.5. The second-order valence-corrected chi connectivity index (χ2v) is 6.17. The molecule has 0 unspecified atom stereocenters. The minimum Gasteiger partial charge on any atom is -0.486 e. The quantitative estimate of drug-likeness (QED) is 0.875. The second-order valence-electron chi connectivity index (χ2n) is 6.17. The Bertz CT molecular complexity index is 686. The minimum atomic E-state index is -0.180. The van der Waals surface area contributed by atoms with Gasteiger partial charge in [0, 0.05) is 19.0 Å². The van der Waals surface area contributed by atoms with Crippen molar-refractivity contribution in [3.8, 4) is 11.5 Å². The van der Waals surface area contributed by atoms with Gasteiger partial charge in [-0.2, -0.15) is 0 Å². The van der Waals surface area contributed by atoms with E-state index in [-0.39, 0.29) is 18.2 Å². The number of hydrogen-bond acceptors (Lipinski definition) is 4. The van der Waals surface area contributed by atoms with Gasteiger partial charge in [-0.1, -0.05) is 12.1 Å². The van der Waals surface area contributed by atoms with Crippen molar-refractivity contribution < 1.29 is 18.7 Å². The van der Waals surface area contributed by atoms with Crippen LogP contribution in [-0.2, 0) is 6.42 Å². The molecule has 2 amide bonds. The number of nitrogens with zero attached hydrogens (tertiary/aromatic N) is 1. The molecular weight excluding hydrogens is 320 g/mol. The number of likely N-dealkylation sites (N-methyl/N-ethyl adjacent to an activating group) is 1. The largest absolute Gasteiger partial charge is 0.486 e. The van der Waals surface area contributed by atoms with Crippen molar-refractivity contribution in [2.24, 2.45) is 0 Å². The van der Waals surface area contributed by atoms with E-state index in [9.17, 15) is 4.79 Å². The molecule has 6 nitrogen and oxygen atoms in total. The van der Waals surface area contributed by atoms with Gasteiger partial charge in [0.15, 0.2) is 17.6 Å². The monoisotopic (exact) mass is 344 g/mol. The van der Waals surface area contributed by atoms with Crippen molar-refractivity contribution in [3.63, 3.8) is 0 Å². The van der Waals surface area contributed by atoms with Gasteiger partial charge in [-0.3, -0.25) is 0 Å². The van der Waals surface area contributed by atoms with Gasteiger partial charge in [0.2, 0.25) is 0 Å². The SMILES string of the molecule is CCN(C[C@H]1COc2ccccc2O1)C(=O)N[C@H](C)Cc1ccco1. The molecule has 2 atom stereocenters. The van der Waals surface area contributed by atoms with Crippen molar-refractivity contribution in [2.45, 2.75) is 32.4 Å². The Labute approximate surface area is 147 Å². The van der Waals surface area contributed by atoms with Gasteiger partial charge in [-0.15, -0.1) is 0 Å². The smallest absolute Gasteiger partial charge is 0.317 e. The average Bonchev–Trinajstić information content (AvgIpc) is 3.12. The lowest BCUT2D eigenvalue weighted by atomic mass is 10.2. The van der Waals surface area contributed by atoms with Crippen LogP contribution in [0.1, 0.15) is 19.6 Å². The van der Waals surface area contributed by atoms with Crippen LogP contribution in [0, 0.1) is 0 Å². The predicted molar refractivity (Wildman–Crippen MR) is 94.0 cm³/mol. The molecule has 3 rings (SSSR count). The zero-order chi connectivity index (χ0) is 17.6. The lowest BCUT2D eigenvalue weighted by Crippen LogP contribution is -2.49. The Morgan fingerprint density at radius 2 is 2.08 bits per heavy atom. The summed E-state index contributed by atoms with van der Waals surface area (Å²) in [6.45, 7) is 5.42. The van der Waals surface area contributed by atoms with Crippen molar-refractivity contribution in [1.82, 2.24) is 10.2 Å². The molecule has 0 saturated heterocycles. The van der Waals surface area contributed by atoms with Gasteiger partial charge in [0.25, 0.3) is 0 Å². The fourth-order valence-corrected chi connectivity index (χ4v) is 2.84. The highest BCUT2D eigenvalue weighted by molar-refractivity contribution is 5.74. The lowest BCUT2D eigenvalue weighted by molar-refractivity contribution is 0.0672. The third-order valence-corrected chi connectivity index (χ3v) is 4.12. The number of benzene rings is 1. The molecule has 6 heteroatoms. The molecule has 0 aliphatic carbocycles. The van der Waals surface area contributed by atoms with E-state index >= 15 is 0 Å². The zero-order valence-electron chi connectivity index (χ0n) is 14.6. The summed E-state index contributed by atoms with van der Waals surface area (Å²) in [6.07, 6.45) is 2.12. The molecule has 1 aliphatic rings. The molecule has 2 heterocycles. The van der Waals surface area contributed by atoms with Crippen LogP contribution in [0.3, 0.4) is 0 Å². The number of nitrogens with one attached hydrogen (secondary N) is 1. The van der Waals surface area contributed by atoms with Gasteiger partial charge in [-0.05, 0) is 38.1 Å². The van der Waals surface area contributed by atoms with E-state index in [0.717, 1.165) is 17.3 Å². The molecule has 0 fully saturated rings. The number of carbonyl (C=O) groups is 1. The summed E-state index contributed by atoms with van der Waals surface area (Å²) in [5.41, 5.74) is 0. The Balaban J connectivity index is 1.52. The van der Waals surface area contributed by atoms with Gasteiger partial charge in [0.05, 0.1) is 12.8 Å². The molecule has 0 radical (unpaired) electrons. The molecule has 2 aromatic rings. The Hall–Kier alpha value is -2.63. The number of hydrogen-bond donors (Lipinski definition) is 1. The summed E-state index contributed by atoms with van der Waals surface area (Å²) in [6, 6.07) is 11.2. The van der Waals surface area contributed by atoms with E-state index in [0.29, 0.717) is 26.1 Å². The number of fused-ring (bicyclic) bond motifs is 1. The molecule has 0 saturated carbocycles. The molecule has 134 valence electrons. The van der Waals surface area contributed by atoms with Crippen LogP contribution < -0.4 is 14.8 Å². The molecule has 1 aliphatic heterocycles. The first-order chi connectivity index (χ1) is 12.2. The maximum Gasteiger partial charge on any atom is 0.317 e. The minimum absolute atomic E-state index is 0.0167. The second kappa shape index (κ2) is 7.96.